The third-order valence-corrected chi connectivity index (χ3v) is 2.87. The van der Waals surface area contributed by atoms with Gasteiger partial charge in [-0.1, -0.05) is 0 Å². The van der Waals surface area contributed by atoms with Gasteiger partial charge in [0.05, 0.1) is 26.7 Å². The number of nitrogens with zero attached hydrogens (tertiary/aromatic N) is 2. The Kier molecular flexibility index (Phi) is 3.38. The van der Waals surface area contributed by atoms with E-state index in [4.69, 9.17) is 10.4 Å². The molecule has 0 unspecified atom stereocenters. The topological polar surface area (TPSA) is 87.2 Å². The van der Waals surface area contributed by atoms with Gasteiger partial charge in [0.1, 0.15) is 0 Å². The fourth-order valence-electron chi connectivity index (χ4n) is 0.980. The van der Waals surface area contributed by atoms with Crippen molar-refractivity contribution in [2.75, 3.05) is 0 Å². The Morgan fingerprint density at radius 3 is 2.71 bits per heavy atom. The van der Waals surface area contributed by atoms with Gasteiger partial charge in [-0.3, -0.25) is 10.1 Å². The van der Waals surface area contributed by atoms with Crippen LogP contribution in [0.4, 0.5) is 5.69 Å². The van der Waals surface area contributed by atoms with Crippen LogP contribution < -0.4 is 0 Å². The van der Waals surface area contributed by atoms with Gasteiger partial charge in [-0.05, 0) is 34.2 Å². The first-order valence-corrected chi connectivity index (χ1v) is 4.65. The van der Waals surface area contributed by atoms with E-state index in [1.54, 1.807) is 28.7 Å². The summed E-state index contributed by atoms with van der Waals surface area (Å²) < 4.78 is 0.370. The van der Waals surface area contributed by atoms with E-state index in [0.717, 1.165) is 0 Å². The van der Waals surface area contributed by atoms with Gasteiger partial charge in [-0.2, -0.15) is 5.26 Å². The van der Waals surface area contributed by atoms with Crippen molar-refractivity contribution in [1.82, 2.24) is 0 Å². The Labute approximate surface area is 93.3 Å². The minimum Gasteiger partial charge on any atom is -0.392 e. The molecule has 1 aromatic rings. The summed E-state index contributed by atoms with van der Waals surface area (Å²) in [5.74, 6) is 0. The quantitative estimate of drug-likeness (QED) is 0.510. The summed E-state index contributed by atoms with van der Waals surface area (Å²) in [4.78, 5) is 10.0. The lowest BCUT2D eigenvalue weighted by Crippen LogP contribution is -1.98. The minimum atomic E-state index is -0.568. The Morgan fingerprint density at radius 1 is 1.64 bits per heavy atom. The van der Waals surface area contributed by atoms with Crippen LogP contribution in [0, 0.1) is 25.0 Å². The number of nitro groups is 1. The van der Waals surface area contributed by atoms with E-state index in [0.29, 0.717) is 9.13 Å². The molecule has 0 radical (unpaired) electrons. The molecule has 0 aliphatic heterocycles. The zero-order valence-corrected chi connectivity index (χ0v) is 9.06. The van der Waals surface area contributed by atoms with Gasteiger partial charge in [-0.25, -0.2) is 0 Å². The van der Waals surface area contributed by atoms with Crippen LogP contribution in [-0.2, 0) is 6.61 Å². The van der Waals surface area contributed by atoms with E-state index < -0.39 is 4.92 Å². The van der Waals surface area contributed by atoms with Crippen molar-refractivity contribution in [2.24, 2.45) is 0 Å². The highest BCUT2D eigenvalue weighted by atomic mass is 127. The van der Waals surface area contributed by atoms with Gasteiger partial charge in [0.15, 0.2) is 0 Å². The third-order valence-electron chi connectivity index (χ3n) is 1.62. The van der Waals surface area contributed by atoms with Crippen molar-refractivity contribution in [3.05, 3.63) is 36.9 Å². The first-order valence-electron chi connectivity index (χ1n) is 3.58. The lowest BCUT2D eigenvalue weighted by Gasteiger charge is -2.02. The highest BCUT2D eigenvalue weighted by molar-refractivity contribution is 14.1. The van der Waals surface area contributed by atoms with Crippen LogP contribution in [0.15, 0.2) is 12.1 Å². The molecule has 0 saturated heterocycles. The summed E-state index contributed by atoms with van der Waals surface area (Å²) in [7, 11) is 0. The molecule has 1 aromatic carbocycles. The Bertz CT molecular complexity index is 425. The van der Waals surface area contributed by atoms with Crippen molar-refractivity contribution >= 4 is 28.3 Å². The normalized spacial score (nSPS) is 9.50. The van der Waals surface area contributed by atoms with E-state index in [1.165, 1.54) is 12.1 Å². The van der Waals surface area contributed by atoms with Gasteiger partial charge < -0.3 is 5.11 Å². The van der Waals surface area contributed by atoms with Crippen LogP contribution in [-0.4, -0.2) is 10.0 Å². The van der Waals surface area contributed by atoms with E-state index >= 15 is 0 Å². The molecule has 6 heteroatoms. The third kappa shape index (κ3) is 2.00. The van der Waals surface area contributed by atoms with E-state index in [9.17, 15) is 10.1 Å². The summed E-state index contributed by atoms with van der Waals surface area (Å²) in [6, 6.07) is 4.44. The molecule has 0 atom stereocenters. The summed E-state index contributed by atoms with van der Waals surface area (Å²) in [5, 5.41) is 28.1. The highest BCUT2D eigenvalue weighted by Crippen LogP contribution is 2.26. The predicted molar refractivity (Wildman–Crippen MR) is 56.5 cm³/mol. The van der Waals surface area contributed by atoms with Crippen molar-refractivity contribution in [2.45, 2.75) is 6.61 Å². The minimum absolute atomic E-state index is 0.145. The molecule has 0 spiro atoms. The van der Waals surface area contributed by atoms with E-state index in [2.05, 4.69) is 0 Å². The van der Waals surface area contributed by atoms with Crippen LogP contribution in [0.25, 0.3) is 0 Å². The molecule has 1 rings (SSSR count). The number of hydrogen-bond acceptors (Lipinski definition) is 4. The first kappa shape index (κ1) is 10.9. The van der Waals surface area contributed by atoms with Crippen LogP contribution in [0.1, 0.15) is 11.1 Å². The second-order valence-electron chi connectivity index (χ2n) is 2.50. The highest BCUT2D eigenvalue weighted by Gasteiger charge is 2.16. The monoisotopic (exact) mass is 304 g/mol. The molecule has 0 fully saturated rings. The number of nitriles is 1. The maximum atomic E-state index is 10.6. The van der Waals surface area contributed by atoms with Gasteiger partial charge >= 0.3 is 0 Å². The Balaban J connectivity index is 3.44. The summed E-state index contributed by atoms with van der Waals surface area (Å²) in [6.45, 7) is -0.311. The molecule has 14 heavy (non-hydrogen) atoms. The SMILES string of the molecule is N#Cc1cc(CO)c(I)c([N+](=O)[O-])c1. The van der Waals surface area contributed by atoms with E-state index in [1.807, 2.05) is 0 Å². The molecule has 0 bridgehead atoms. The van der Waals surface area contributed by atoms with E-state index in [-0.39, 0.29) is 17.9 Å². The predicted octanol–water partition coefficient (Wildman–Crippen LogP) is 1.56. The smallest absolute Gasteiger partial charge is 0.284 e. The Morgan fingerprint density at radius 2 is 2.29 bits per heavy atom. The number of rotatable bonds is 2. The fourth-order valence-corrected chi connectivity index (χ4v) is 1.66. The summed E-state index contributed by atoms with van der Waals surface area (Å²) in [5.41, 5.74) is 0.436. The standard InChI is InChI=1S/C8H5IN2O3/c9-8-6(4-12)1-5(3-10)2-7(8)11(13)14/h1-2,12H,4H2. The first-order chi connectivity index (χ1) is 6.60. The lowest BCUT2D eigenvalue weighted by atomic mass is 10.1. The molecule has 1 N–H and O–H groups in total. The van der Waals surface area contributed by atoms with Crippen LogP contribution in [0.2, 0.25) is 0 Å². The molecule has 0 aromatic heterocycles. The number of nitro benzene ring substituents is 1. The van der Waals surface area contributed by atoms with Gasteiger partial charge in [0.2, 0.25) is 0 Å². The zero-order valence-electron chi connectivity index (χ0n) is 6.90. The lowest BCUT2D eigenvalue weighted by molar-refractivity contribution is -0.385. The average molecular weight is 304 g/mol. The van der Waals surface area contributed by atoms with Crippen LogP contribution in [0.5, 0.6) is 0 Å². The number of hydrogen-bond donors (Lipinski definition) is 1. The van der Waals surface area contributed by atoms with Crippen LogP contribution in [0.3, 0.4) is 0 Å². The maximum Gasteiger partial charge on any atom is 0.284 e. The number of aliphatic hydroxyl groups excluding tert-OH is 1. The number of benzene rings is 1. The average Bonchev–Trinajstić information content (AvgIpc) is 2.17. The van der Waals surface area contributed by atoms with Crippen LogP contribution >= 0.6 is 22.6 Å². The summed E-state index contributed by atoms with van der Waals surface area (Å²) >= 11 is 1.78. The van der Waals surface area contributed by atoms with Crippen molar-refractivity contribution in [1.29, 1.82) is 5.26 Å². The molecular weight excluding hydrogens is 299 g/mol. The molecule has 0 amide bonds. The molecular formula is C8H5IN2O3. The maximum absolute atomic E-state index is 10.6. The molecule has 0 saturated carbocycles. The largest absolute Gasteiger partial charge is 0.392 e. The molecule has 72 valence electrons. The Hall–Kier alpha value is -1.20. The number of halogens is 1. The van der Waals surface area contributed by atoms with Gasteiger partial charge in [0.25, 0.3) is 5.69 Å². The molecule has 0 aliphatic carbocycles. The fraction of sp³-hybridized carbons (Fsp3) is 0.125. The molecule has 5 nitrogen and oxygen atoms in total. The second-order valence-corrected chi connectivity index (χ2v) is 3.57. The van der Waals surface area contributed by atoms with Gasteiger partial charge in [-0.15, -0.1) is 0 Å². The summed E-state index contributed by atoms with van der Waals surface area (Å²) in [6.07, 6.45) is 0. The van der Waals surface area contributed by atoms with Crippen molar-refractivity contribution in [3.8, 4) is 6.07 Å². The van der Waals surface area contributed by atoms with Gasteiger partial charge in [0, 0.05) is 6.07 Å². The number of aliphatic hydroxyl groups is 1. The van der Waals surface area contributed by atoms with Crippen molar-refractivity contribution < 1.29 is 10.0 Å². The molecule has 0 aliphatic rings. The zero-order chi connectivity index (χ0) is 10.7. The molecule has 0 heterocycles. The second kappa shape index (κ2) is 4.34. The van der Waals surface area contributed by atoms with Crippen molar-refractivity contribution in [3.63, 3.8) is 0 Å².